The Morgan fingerprint density at radius 1 is 1.50 bits per heavy atom. The van der Waals surface area contributed by atoms with Gasteiger partial charge in [-0.2, -0.15) is 5.26 Å². The van der Waals surface area contributed by atoms with Crippen LogP contribution < -0.4 is 11.1 Å². The van der Waals surface area contributed by atoms with Gasteiger partial charge in [-0.25, -0.2) is 0 Å². The van der Waals surface area contributed by atoms with E-state index in [9.17, 15) is 5.11 Å². The highest BCUT2D eigenvalue weighted by Crippen LogP contribution is 2.19. The molecule has 1 aromatic rings. The zero-order chi connectivity index (χ0) is 12.1. The lowest BCUT2D eigenvalue weighted by Crippen LogP contribution is -2.29. The largest absolute Gasteiger partial charge is 0.398 e. The first-order chi connectivity index (χ1) is 7.58. The third-order valence-corrected chi connectivity index (χ3v) is 2.53. The van der Waals surface area contributed by atoms with Gasteiger partial charge in [-0.3, -0.25) is 0 Å². The fraction of sp³-hybridized carbons (Fsp3) is 0.417. The lowest BCUT2D eigenvalue weighted by Gasteiger charge is -2.21. The highest BCUT2D eigenvalue weighted by molar-refractivity contribution is 5.62. The third kappa shape index (κ3) is 2.88. The molecular weight excluding hydrogens is 202 g/mol. The molecular formula is C12H17N3O. The monoisotopic (exact) mass is 219 g/mol. The summed E-state index contributed by atoms with van der Waals surface area (Å²) in [6.07, 6.45) is 0. The molecule has 0 heterocycles. The maximum absolute atomic E-state index is 9.18. The van der Waals surface area contributed by atoms with E-state index in [1.54, 1.807) is 18.2 Å². The number of nitrogens with zero attached hydrogens (tertiary/aromatic N) is 1. The highest BCUT2D eigenvalue weighted by atomic mass is 16.3. The Bertz CT molecular complexity index is 396. The number of hydrogen-bond donors (Lipinski definition) is 3. The van der Waals surface area contributed by atoms with E-state index in [0.717, 1.165) is 5.69 Å². The lowest BCUT2D eigenvalue weighted by atomic mass is 10.0. The van der Waals surface area contributed by atoms with Crippen molar-refractivity contribution >= 4 is 11.4 Å². The molecule has 4 heteroatoms. The molecule has 0 aliphatic carbocycles. The number of benzene rings is 1. The number of nitrogen functional groups attached to an aromatic ring is 1. The van der Waals surface area contributed by atoms with Crippen molar-refractivity contribution in [3.63, 3.8) is 0 Å². The van der Waals surface area contributed by atoms with Crippen LogP contribution in [0.25, 0.3) is 0 Å². The van der Waals surface area contributed by atoms with Crippen LogP contribution in [0.4, 0.5) is 11.4 Å². The van der Waals surface area contributed by atoms with Gasteiger partial charge < -0.3 is 16.2 Å². The summed E-state index contributed by atoms with van der Waals surface area (Å²) in [4.78, 5) is 0. The number of anilines is 2. The molecule has 0 unspecified atom stereocenters. The molecule has 0 aliphatic rings. The van der Waals surface area contributed by atoms with Crippen molar-refractivity contribution in [1.82, 2.24) is 0 Å². The van der Waals surface area contributed by atoms with Gasteiger partial charge in [0.25, 0.3) is 0 Å². The molecule has 0 aromatic heterocycles. The molecule has 0 fully saturated rings. The Hall–Kier alpha value is -1.73. The maximum atomic E-state index is 9.18. The van der Waals surface area contributed by atoms with Crippen molar-refractivity contribution in [3.05, 3.63) is 23.8 Å². The molecule has 0 aliphatic heterocycles. The van der Waals surface area contributed by atoms with Gasteiger partial charge in [0.15, 0.2) is 0 Å². The Balaban J connectivity index is 2.83. The Morgan fingerprint density at radius 2 is 2.19 bits per heavy atom. The van der Waals surface area contributed by atoms with Crippen molar-refractivity contribution in [2.75, 3.05) is 17.7 Å². The lowest BCUT2D eigenvalue weighted by molar-refractivity contribution is 0.249. The molecule has 4 nitrogen and oxygen atoms in total. The average Bonchev–Trinajstić information content (AvgIpc) is 2.25. The van der Waals surface area contributed by atoms with E-state index in [4.69, 9.17) is 11.0 Å². The van der Waals surface area contributed by atoms with Crippen LogP contribution in [-0.2, 0) is 0 Å². The van der Waals surface area contributed by atoms with Crippen molar-refractivity contribution in [2.45, 2.75) is 19.9 Å². The van der Waals surface area contributed by atoms with Crippen LogP contribution in [0.15, 0.2) is 18.2 Å². The van der Waals surface area contributed by atoms with Crippen LogP contribution >= 0.6 is 0 Å². The van der Waals surface area contributed by atoms with E-state index in [1.807, 2.05) is 19.9 Å². The van der Waals surface area contributed by atoms with Gasteiger partial charge in [0.2, 0.25) is 0 Å². The van der Waals surface area contributed by atoms with Crippen molar-refractivity contribution in [2.24, 2.45) is 5.92 Å². The van der Waals surface area contributed by atoms with Crippen molar-refractivity contribution in [3.8, 4) is 6.07 Å². The smallest absolute Gasteiger partial charge is 0.101 e. The van der Waals surface area contributed by atoms with Gasteiger partial charge >= 0.3 is 0 Å². The molecule has 1 aromatic carbocycles. The number of aliphatic hydroxyl groups excluding tert-OH is 1. The molecule has 0 bridgehead atoms. The second-order valence-corrected chi connectivity index (χ2v) is 4.09. The first kappa shape index (κ1) is 12.3. The topological polar surface area (TPSA) is 82.1 Å². The van der Waals surface area contributed by atoms with Gasteiger partial charge in [0, 0.05) is 5.69 Å². The van der Waals surface area contributed by atoms with E-state index in [1.165, 1.54) is 0 Å². The maximum Gasteiger partial charge on any atom is 0.101 e. The van der Waals surface area contributed by atoms with E-state index < -0.39 is 0 Å². The van der Waals surface area contributed by atoms with Crippen molar-refractivity contribution < 1.29 is 5.11 Å². The minimum absolute atomic E-state index is 0.00710. The minimum Gasteiger partial charge on any atom is -0.398 e. The Kier molecular flexibility index (Phi) is 4.15. The predicted molar refractivity (Wildman–Crippen MR) is 64.9 cm³/mol. The van der Waals surface area contributed by atoms with Crippen LogP contribution in [0.2, 0.25) is 0 Å². The summed E-state index contributed by atoms with van der Waals surface area (Å²) in [5.41, 5.74) is 7.44. The quantitative estimate of drug-likeness (QED) is 0.671. The number of rotatable bonds is 4. The molecule has 4 N–H and O–H groups in total. The van der Waals surface area contributed by atoms with Gasteiger partial charge in [-0.05, 0) is 24.1 Å². The summed E-state index contributed by atoms with van der Waals surface area (Å²) in [5.74, 6) is 0.321. The van der Waals surface area contributed by atoms with Crippen LogP contribution in [0.5, 0.6) is 0 Å². The molecule has 0 saturated carbocycles. The van der Waals surface area contributed by atoms with E-state index in [0.29, 0.717) is 17.2 Å². The summed E-state index contributed by atoms with van der Waals surface area (Å²) >= 11 is 0. The summed E-state index contributed by atoms with van der Waals surface area (Å²) < 4.78 is 0. The second kappa shape index (κ2) is 5.38. The number of hydrogen-bond acceptors (Lipinski definition) is 4. The molecule has 0 saturated heterocycles. The fourth-order valence-electron chi connectivity index (χ4n) is 1.39. The molecule has 1 rings (SSSR count). The molecule has 0 amide bonds. The number of aliphatic hydroxyl groups is 1. The normalized spacial score (nSPS) is 12.2. The van der Waals surface area contributed by atoms with E-state index in [2.05, 4.69) is 5.32 Å². The van der Waals surface area contributed by atoms with Crippen LogP contribution in [0.1, 0.15) is 19.4 Å². The van der Waals surface area contributed by atoms with Gasteiger partial charge in [-0.1, -0.05) is 13.8 Å². The third-order valence-electron chi connectivity index (χ3n) is 2.53. The number of nitriles is 1. The number of nitrogens with one attached hydrogen (secondary N) is 1. The zero-order valence-electron chi connectivity index (χ0n) is 9.57. The van der Waals surface area contributed by atoms with Gasteiger partial charge in [-0.15, -0.1) is 0 Å². The number of nitrogens with two attached hydrogens (primary N) is 1. The molecule has 0 spiro atoms. The summed E-state index contributed by atoms with van der Waals surface area (Å²) in [6.45, 7) is 4.12. The average molecular weight is 219 g/mol. The Labute approximate surface area is 95.7 Å². The van der Waals surface area contributed by atoms with Crippen LogP contribution in [-0.4, -0.2) is 17.8 Å². The molecule has 1 atom stereocenters. The van der Waals surface area contributed by atoms with Gasteiger partial charge in [0.05, 0.1) is 23.9 Å². The predicted octanol–water partition coefficient (Wildman–Crippen LogP) is 1.57. The second-order valence-electron chi connectivity index (χ2n) is 4.09. The first-order valence-electron chi connectivity index (χ1n) is 5.25. The van der Waals surface area contributed by atoms with Crippen LogP contribution in [0, 0.1) is 17.2 Å². The van der Waals surface area contributed by atoms with Crippen LogP contribution in [0.3, 0.4) is 0 Å². The van der Waals surface area contributed by atoms with E-state index in [-0.39, 0.29) is 12.6 Å². The standard InChI is InChI=1S/C12H17N3O/c1-8(2)12(7-16)15-10-4-3-9(6-13)11(14)5-10/h3-5,8,12,15-16H,7,14H2,1-2H3/t12-/m1/s1. The summed E-state index contributed by atoms with van der Waals surface area (Å²) in [6, 6.07) is 7.18. The fourth-order valence-corrected chi connectivity index (χ4v) is 1.39. The SMILES string of the molecule is CC(C)[C@@H](CO)Nc1ccc(C#N)c(N)c1. The minimum atomic E-state index is -0.00710. The molecule has 16 heavy (non-hydrogen) atoms. The first-order valence-corrected chi connectivity index (χ1v) is 5.25. The summed E-state index contributed by atoms with van der Waals surface area (Å²) in [5, 5.41) is 21.1. The highest BCUT2D eigenvalue weighted by Gasteiger charge is 2.11. The van der Waals surface area contributed by atoms with Crippen molar-refractivity contribution in [1.29, 1.82) is 5.26 Å². The molecule has 86 valence electrons. The molecule has 0 radical (unpaired) electrons. The van der Waals surface area contributed by atoms with Gasteiger partial charge in [0.1, 0.15) is 6.07 Å². The zero-order valence-corrected chi connectivity index (χ0v) is 9.57. The summed E-state index contributed by atoms with van der Waals surface area (Å²) in [7, 11) is 0. The van der Waals surface area contributed by atoms with E-state index >= 15 is 0 Å². The Morgan fingerprint density at radius 3 is 2.62 bits per heavy atom.